The van der Waals surface area contributed by atoms with Gasteiger partial charge in [-0.1, -0.05) is 35.9 Å². The lowest BCUT2D eigenvalue weighted by atomic mass is 9.75. The topological polar surface area (TPSA) is 28.2 Å². The molecule has 2 atom stereocenters. The maximum Gasteiger partial charge on any atom is 0.0401 e. The summed E-state index contributed by atoms with van der Waals surface area (Å²) in [6.45, 7) is 4.49. The Balaban J connectivity index is 1.30. The van der Waals surface area contributed by atoms with E-state index in [0.717, 1.165) is 12.5 Å². The SMILES string of the molecule is Cc1cccc(C2CC(NC[C@@H]3CCN(C)[C@H]3c3cccnc3)C2)c1. The molecule has 2 aliphatic rings. The molecule has 2 fully saturated rings. The summed E-state index contributed by atoms with van der Waals surface area (Å²) >= 11 is 0. The minimum absolute atomic E-state index is 0.508. The number of hydrogen-bond donors (Lipinski definition) is 1. The molecule has 1 saturated carbocycles. The van der Waals surface area contributed by atoms with Gasteiger partial charge in [-0.15, -0.1) is 0 Å². The Bertz CT molecular complexity index is 693. The molecule has 0 amide bonds. The van der Waals surface area contributed by atoms with Crippen LogP contribution in [0.3, 0.4) is 0 Å². The zero-order valence-electron chi connectivity index (χ0n) is 15.4. The van der Waals surface area contributed by atoms with Crippen molar-refractivity contribution in [2.75, 3.05) is 20.1 Å². The lowest BCUT2D eigenvalue weighted by molar-refractivity contribution is 0.240. The number of benzene rings is 1. The lowest BCUT2D eigenvalue weighted by Crippen LogP contribution is -2.43. The molecule has 3 heteroatoms. The third-order valence-corrected chi connectivity index (χ3v) is 6.12. The van der Waals surface area contributed by atoms with Crippen molar-refractivity contribution in [1.82, 2.24) is 15.2 Å². The molecule has 0 spiro atoms. The Hall–Kier alpha value is -1.71. The summed E-state index contributed by atoms with van der Waals surface area (Å²) in [5.74, 6) is 1.44. The maximum absolute atomic E-state index is 4.32. The molecule has 0 radical (unpaired) electrons. The van der Waals surface area contributed by atoms with Crippen LogP contribution < -0.4 is 5.32 Å². The van der Waals surface area contributed by atoms with Crippen LogP contribution in [0.4, 0.5) is 0 Å². The van der Waals surface area contributed by atoms with E-state index < -0.39 is 0 Å². The predicted octanol–water partition coefficient (Wildman–Crippen LogP) is 3.92. The molecule has 0 bridgehead atoms. The molecule has 1 aliphatic heterocycles. The minimum atomic E-state index is 0.508. The van der Waals surface area contributed by atoms with Crippen molar-refractivity contribution in [3.63, 3.8) is 0 Å². The van der Waals surface area contributed by atoms with Crippen LogP contribution in [-0.4, -0.2) is 36.1 Å². The van der Waals surface area contributed by atoms with Crippen molar-refractivity contribution in [2.24, 2.45) is 5.92 Å². The first-order valence-electron chi connectivity index (χ1n) is 9.61. The molecule has 2 aromatic rings. The summed E-state index contributed by atoms with van der Waals surface area (Å²) in [7, 11) is 2.24. The number of aryl methyl sites for hydroxylation is 1. The van der Waals surface area contributed by atoms with Crippen molar-refractivity contribution in [1.29, 1.82) is 0 Å². The van der Waals surface area contributed by atoms with Gasteiger partial charge in [-0.3, -0.25) is 9.88 Å². The molecular weight excluding hydrogens is 306 g/mol. The standard InChI is InChI=1S/C22H29N3/c1-16-5-3-6-17(11-16)20-12-21(13-20)24-15-19-8-10-25(2)22(19)18-7-4-9-23-14-18/h3-7,9,11,14,19-22,24H,8,10,12-13,15H2,1-2H3/t19-,20?,21?,22-/m0/s1. The van der Waals surface area contributed by atoms with E-state index in [-0.39, 0.29) is 0 Å². The zero-order chi connectivity index (χ0) is 17.2. The first-order valence-corrected chi connectivity index (χ1v) is 9.61. The first-order chi connectivity index (χ1) is 12.2. The molecule has 4 rings (SSSR count). The molecule has 132 valence electrons. The van der Waals surface area contributed by atoms with E-state index in [9.17, 15) is 0 Å². The van der Waals surface area contributed by atoms with Gasteiger partial charge in [0.15, 0.2) is 0 Å². The van der Waals surface area contributed by atoms with E-state index in [0.29, 0.717) is 18.0 Å². The lowest BCUT2D eigenvalue weighted by Gasteiger charge is -2.38. The Labute approximate surface area is 151 Å². The Kier molecular flexibility index (Phi) is 4.87. The number of aromatic nitrogens is 1. The first kappa shape index (κ1) is 16.7. The molecule has 1 aromatic heterocycles. The number of hydrogen-bond acceptors (Lipinski definition) is 3. The molecule has 0 unspecified atom stereocenters. The zero-order valence-corrected chi connectivity index (χ0v) is 15.4. The summed E-state index contributed by atoms with van der Waals surface area (Å²) in [6.07, 6.45) is 7.74. The van der Waals surface area contributed by atoms with Gasteiger partial charge >= 0.3 is 0 Å². The number of pyridine rings is 1. The van der Waals surface area contributed by atoms with Crippen LogP contribution >= 0.6 is 0 Å². The molecular formula is C22H29N3. The molecule has 1 aliphatic carbocycles. The van der Waals surface area contributed by atoms with E-state index in [2.05, 4.69) is 65.6 Å². The number of nitrogens with zero attached hydrogens (tertiary/aromatic N) is 2. The second-order valence-corrected chi connectivity index (χ2v) is 7.95. The minimum Gasteiger partial charge on any atom is -0.314 e. The average Bonchev–Trinajstić information content (AvgIpc) is 2.95. The molecule has 1 saturated heterocycles. The van der Waals surface area contributed by atoms with Gasteiger partial charge in [0.05, 0.1) is 0 Å². The fourth-order valence-corrected chi connectivity index (χ4v) is 4.62. The Morgan fingerprint density at radius 2 is 2.00 bits per heavy atom. The van der Waals surface area contributed by atoms with Crippen LogP contribution in [0.5, 0.6) is 0 Å². The number of likely N-dealkylation sites (tertiary alicyclic amines) is 1. The monoisotopic (exact) mass is 335 g/mol. The van der Waals surface area contributed by atoms with Crippen LogP contribution in [0, 0.1) is 12.8 Å². The van der Waals surface area contributed by atoms with E-state index in [4.69, 9.17) is 0 Å². The predicted molar refractivity (Wildman–Crippen MR) is 103 cm³/mol. The fourth-order valence-electron chi connectivity index (χ4n) is 4.62. The molecule has 3 nitrogen and oxygen atoms in total. The van der Waals surface area contributed by atoms with Crippen molar-refractivity contribution in [3.05, 3.63) is 65.5 Å². The largest absolute Gasteiger partial charge is 0.314 e. The van der Waals surface area contributed by atoms with Gasteiger partial charge in [0.25, 0.3) is 0 Å². The average molecular weight is 335 g/mol. The summed E-state index contributed by atoms with van der Waals surface area (Å²) in [6, 6.07) is 14.5. The highest BCUT2D eigenvalue weighted by molar-refractivity contribution is 5.27. The van der Waals surface area contributed by atoms with Gasteiger partial charge < -0.3 is 5.32 Å². The van der Waals surface area contributed by atoms with Crippen LogP contribution in [0.15, 0.2) is 48.8 Å². The normalized spacial score (nSPS) is 29.5. The van der Waals surface area contributed by atoms with E-state index in [1.807, 2.05) is 12.4 Å². The number of rotatable bonds is 5. The third-order valence-electron chi connectivity index (χ3n) is 6.12. The Morgan fingerprint density at radius 3 is 2.76 bits per heavy atom. The summed E-state index contributed by atoms with van der Waals surface area (Å²) in [4.78, 5) is 6.81. The fraction of sp³-hybridized carbons (Fsp3) is 0.500. The van der Waals surface area contributed by atoms with Crippen LogP contribution in [-0.2, 0) is 0 Å². The molecule has 2 heterocycles. The molecule has 1 N–H and O–H groups in total. The van der Waals surface area contributed by atoms with Crippen LogP contribution in [0.25, 0.3) is 0 Å². The van der Waals surface area contributed by atoms with E-state index >= 15 is 0 Å². The highest BCUT2D eigenvalue weighted by Gasteiger charge is 2.35. The maximum atomic E-state index is 4.32. The molecule has 1 aromatic carbocycles. The van der Waals surface area contributed by atoms with Crippen LogP contribution in [0.2, 0.25) is 0 Å². The van der Waals surface area contributed by atoms with E-state index in [1.54, 1.807) is 0 Å². The van der Waals surface area contributed by atoms with Gasteiger partial charge in [-0.2, -0.15) is 0 Å². The summed E-state index contributed by atoms with van der Waals surface area (Å²) in [5, 5.41) is 3.85. The second-order valence-electron chi connectivity index (χ2n) is 7.95. The number of nitrogens with one attached hydrogen (secondary N) is 1. The van der Waals surface area contributed by atoms with E-state index in [1.165, 1.54) is 42.5 Å². The van der Waals surface area contributed by atoms with Gasteiger partial charge in [0.2, 0.25) is 0 Å². The van der Waals surface area contributed by atoms with Crippen molar-refractivity contribution >= 4 is 0 Å². The Morgan fingerprint density at radius 1 is 1.16 bits per heavy atom. The van der Waals surface area contributed by atoms with Crippen LogP contribution in [0.1, 0.15) is 47.9 Å². The van der Waals surface area contributed by atoms with Crippen molar-refractivity contribution in [3.8, 4) is 0 Å². The highest BCUT2D eigenvalue weighted by atomic mass is 15.2. The third kappa shape index (κ3) is 3.63. The highest BCUT2D eigenvalue weighted by Crippen LogP contribution is 2.39. The second kappa shape index (κ2) is 7.27. The summed E-state index contributed by atoms with van der Waals surface area (Å²) in [5.41, 5.74) is 4.26. The van der Waals surface area contributed by atoms with Gasteiger partial charge in [-0.25, -0.2) is 0 Å². The summed E-state index contributed by atoms with van der Waals surface area (Å²) < 4.78 is 0. The van der Waals surface area contributed by atoms with Gasteiger partial charge in [0.1, 0.15) is 0 Å². The van der Waals surface area contributed by atoms with Crippen molar-refractivity contribution < 1.29 is 0 Å². The molecule has 25 heavy (non-hydrogen) atoms. The van der Waals surface area contributed by atoms with Gasteiger partial charge in [0, 0.05) is 31.0 Å². The van der Waals surface area contributed by atoms with Crippen molar-refractivity contribution in [2.45, 2.75) is 44.2 Å². The quantitative estimate of drug-likeness (QED) is 0.898. The smallest absolute Gasteiger partial charge is 0.0401 e. The van der Waals surface area contributed by atoms with Gasteiger partial charge in [-0.05, 0) is 68.8 Å².